The lowest BCUT2D eigenvalue weighted by Gasteiger charge is -2.18. The van der Waals surface area contributed by atoms with Crippen molar-refractivity contribution < 1.29 is 9.90 Å². The van der Waals surface area contributed by atoms with Gasteiger partial charge in [-0.15, -0.1) is 0 Å². The van der Waals surface area contributed by atoms with E-state index in [1.807, 2.05) is 0 Å². The lowest BCUT2D eigenvalue weighted by Crippen LogP contribution is -2.14. The maximum Gasteiger partial charge on any atom is 0.365 e. The molecule has 2 aliphatic carbocycles. The third kappa shape index (κ3) is 1.39. The van der Waals surface area contributed by atoms with Gasteiger partial charge in [-0.3, -0.25) is 0 Å². The topological polar surface area (TPSA) is 37.3 Å². The van der Waals surface area contributed by atoms with Gasteiger partial charge in [-0.2, -0.15) is 0 Å². The van der Waals surface area contributed by atoms with Gasteiger partial charge >= 0.3 is 5.30 Å². The van der Waals surface area contributed by atoms with E-state index in [0.29, 0.717) is 5.25 Å². The molecule has 0 aromatic carbocycles. The highest BCUT2D eigenvalue weighted by atomic mass is 32.2. The summed E-state index contributed by atoms with van der Waals surface area (Å²) in [6.45, 7) is 0. The molecule has 2 saturated carbocycles. The van der Waals surface area contributed by atoms with Crippen LogP contribution in [0.1, 0.15) is 25.7 Å². The largest absolute Gasteiger partial charge is 0.473 e. The van der Waals surface area contributed by atoms with Crippen LogP contribution in [0.5, 0.6) is 0 Å². The average molecular weight is 172 g/mol. The van der Waals surface area contributed by atoms with E-state index in [1.165, 1.54) is 19.3 Å². The number of rotatable bonds is 1. The Labute approximate surface area is 70.4 Å². The van der Waals surface area contributed by atoms with Crippen LogP contribution in [-0.4, -0.2) is 15.7 Å². The van der Waals surface area contributed by atoms with Crippen molar-refractivity contribution in [2.75, 3.05) is 0 Å². The van der Waals surface area contributed by atoms with E-state index in [-0.39, 0.29) is 0 Å². The maximum atomic E-state index is 10.4. The van der Waals surface area contributed by atoms with Crippen molar-refractivity contribution in [2.24, 2.45) is 11.8 Å². The monoisotopic (exact) mass is 172 g/mol. The second kappa shape index (κ2) is 2.70. The van der Waals surface area contributed by atoms with Crippen LogP contribution in [0.3, 0.4) is 0 Å². The van der Waals surface area contributed by atoms with Crippen LogP contribution in [0.2, 0.25) is 0 Å². The van der Waals surface area contributed by atoms with Crippen molar-refractivity contribution in [3.63, 3.8) is 0 Å². The summed E-state index contributed by atoms with van der Waals surface area (Å²) < 4.78 is 0. The number of carbonyl (C=O) groups is 1. The second-order valence-corrected chi connectivity index (χ2v) is 4.79. The van der Waals surface area contributed by atoms with E-state index in [0.717, 1.165) is 30.0 Å². The first-order chi connectivity index (χ1) is 5.25. The van der Waals surface area contributed by atoms with Gasteiger partial charge in [-0.25, -0.2) is 4.79 Å². The fourth-order valence-corrected chi connectivity index (χ4v) is 3.53. The molecule has 0 aromatic heterocycles. The Balaban J connectivity index is 1.92. The highest BCUT2D eigenvalue weighted by Gasteiger charge is 2.40. The molecule has 2 bridgehead atoms. The minimum atomic E-state index is -0.692. The van der Waals surface area contributed by atoms with Gasteiger partial charge in [0.15, 0.2) is 0 Å². The standard InChI is InChI=1S/C8H12O2S/c9-8(10)11-7-4-5-1-2-6(7)3-5/h5-7H,1-4H2,(H,9,10). The van der Waals surface area contributed by atoms with Gasteiger partial charge in [0.25, 0.3) is 0 Å². The molecule has 3 atom stereocenters. The first kappa shape index (κ1) is 7.47. The quantitative estimate of drug-likeness (QED) is 0.660. The molecule has 11 heavy (non-hydrogen) atoms. The molecule has 0 aliphatic heterocycles. The van der Waals surface area contributed by atoms with E-state index in [1.54, 1.807) is 0 Å². The Kier molecular flexibility index (Phi) is 1.83. The molecule has 0 amide bonds. The summed E-state index contributed by atoms with van der Waals surface area (Å²) >= 11 is 1.14. The first-order valence-electron chi connectivity index (χ1n) is 4.15. The number of carboxylic acid groups (broad SMARTS) is 1. The van der Waals surface area contributed by atoms with Gasteiger partial charge in [0.05, 0.1) is 0 Å². The van der Waals surface area contributed by atoms with Crippen molar-refractivity contribution in [2.45, 2.75) is 30.9 Å². The summed E-state index contributed by atoms with van der Waals surface area (Å²) in [7, 11) is 0. The average Bonchev–Trinajstić information content (AvgIpc) is 2.45. The second-order valence-electron chi connectivity index (χ2n) is 3.60. The summed E-state index contributed by atoms with van der Waals surface area (Å²) in [5.41, 5.74) is 0. The maximum absolute atomic E-state index is 10.4. The van der Waals surface area contributed by atoms with E-state index >= 15 is 0 Å². The zero-order valence-corrected chi connectivity index (χ0v) is 7.14. The van der Waals surface area contributed by atoms with E-state index in [9.17, 15) is 4.79 Å². The molecular formula is C8H12O2S. The van der Waals surface area contributed by atoms with Crippen molar-refractivity contribution in [1.29, 1.82) is 0 Å². The molecular weight excluding hydrogens is 160 g/mol. The summed E-state index contributed by atoms with van der Waals surface area (Å²) in [4.78, 5) is 10.4. The highest BCUT2D eigenvalue weighted by molar-refractivity contribution is 8.13. The number of hydrogen-bond acceptors (Lipinski definition) is 2. The predicted molar refractivity (Wildman–Crippen MR) is 44.9 cm³/mol. The molecule has 2 fully saturated rings. The summed E-state index contributed by atoms with van der Waals surface area (Å²) in [6.07, 6.45) is 5.07. The van der Waals surface area contributed by atoms with Gasteiger partial charge in [-0.05, 0) is 42.9 Å². The van der Waals surface area contributed by atoms with Crippen molar-refractivity contribution in [3.8, 4) is 0 Å². The number of hydrogen-bond donors (Lipinski definition) is 1. The van der Waals surface area contributed by atoms with Crippen molar-refractivity contribution in [1.82, 2.24) is 0 Å². The Hall–Kier alpha value is -0.180. The minimum Gasteiger partial charge on any atom is -0.473 e. The van der Waals surface area contributed by atoms with E-state index < -0.39 is 5.30 Å². The fraction of sp³-hybridized carbons (Fsp3) is 0.875. The van der Waals surface area contributed by atoms with Gasteiger partial charge < -0.3 is 5.11 Å². The van der Waals surface area contributed by atoms with Gasteiger partial charge in [-0.1, -0.05) is 6.42 Å². The molecule has 2 aliphatic rings. The molecule has 0 radical (unpaired) electrons. The third-order valence-electron chi connectivity index (χ3n) is 2.93. The molecule has 62 valence electrons. The molecule has 0 spiro atoms. The van der Waals surface area contributed by atoms with Crippen LogP contribution in [0.25, 0.3) is 0 Å². The lowest BCUT2D eigenvalue weighted by atomic mass is 10.0. The Bertz CT molecular complexity index is 181. The lowest BCUT2D eigenvalue weighted by molar-refractivity contribution is 0.222. The van der Waals surface area contributed by atoms with Crippen LogP contribution in [0, 0.1) is 11.8 Å². The van der Waals surface area contributed by atoms with E-state index in [2.05, 4.69) is 0 Å². The Morgan fingerprint density at radius 1 is 1.36 bits per heavy atom. The van der Waals surface area contributed by atoms with Crippen LogP contribution in [-0.2, 0) is 0 Å². The predicted octanol–water partition coefficient (Wildman–Crippen LogP) is 2.59. The Morgan fingerprint density at radius 2 is 2.18 bits per heavy atom. The third-order valence-corrected chi connectivity index (χ3v) is 4.01. The minimum absolute atomic E-state index is 0.436. The smallest absolute Gasteiger partial charge is 0.365 e. The van der Waals surface area contributed by atoms with Gasteiger partial charge in [0, 0.05) is 5.25 Å². The molecule has 2 nitrogen and oxygen atoms in total. The van der Waals surface area contributed by atoms with Crippen molar-refractivity contribution in [3.05, 3.63) is 0 Å². The number of fused-ring (bicyclic) bond motifs is 2. The zero-order valence-electron chi connectivity index (χ0n) is 6.32. The molecule has 2 rings (SSSR count). The fourth-order valence-electron chi connectivity index (χ4n) is 2.46. The summed E-state index contributed by atoms with van der Waals surface area (Å²) in [6, 6.07) is 0. The van der Waals surface area contributed by atoms with Gasteiger partial charge in [0.2, 0.25) is 0 Å². The highest BCUT2D eigenvalue weighted by Crippen LogP contribution is 2.49. The zero-order chi connectivity index (χ0) is 7.84. The molecule has 3 heteroatoms. The van der Waals surface area contributed by atoms with Gasteiger partial charge in [0.1, 0.15) is 0 Å². The van der Waals surface area contributed by atoms with Crippen LogP contribution in [0.4, 0.5) is 4.79 Å². The van der Waals surface area contributed by atoms with Crippen molar-refractivity contribution >= 4 is 17.1 Å². The number of thioether (sulfide) groups is 1. The molecule has 1 N–H and O–H groups in total. The van der Waals surface area contributed by atoms with Crippen LogP contribution >= 0.6 is 11.8 Å². The first-order valence-corrected chi connectivity index (χ1v) is 5.03. The SMILES string of the molecule is O=C(O)SC1CC2CCC1C2. The Morgan fingerprint density at radius 3 is 2.64 bits per heavy atom. The van der Waals surface area contributed by atoms with E-state index in [4.69, 9.17) is 5.11 Å². The normalized spacial score (nSPS) is 41.3. The van der Waals surface area contributed by atoms with Crippen LogP contribution < -0.4 is 0 Å². The summed E-state index contributed by atoms with van der Waals surface area (Å²) in [5, 5.41) is 8.31. The molecule has 0 aromatic rings. The van der Waals surface area contributed by atoms with Crippen LogP contribution in [0.15, 0.2) is 0 Å². The molecule has 0 heterocycles. The molecule has 3 unspecified atom stereocenters. The molecule has 0 saturated heterocycles. The summed E-state index contributed by atoms with van der Waals surface area (Å²) in [5.74, 6) is 1.58.